The van der Waals surface area contributed by atoms with Crippen LogP contribution in [0.4, 0.5) is 0 Å². The van der Waals surface area contributed by atoms with E-state index in [1.165, 1.54) is 238 Å². The molecule has 63 heavy (non-hydrogen) atoms. The number of carboxylic acid groups (broad SMARTS) is 2. The third-order valence-corrected chi connectivity index (χ3v) is 15.9. The lowest BCUT2D eigenvalue weighted by Crippen LogP contribution is -2.07. The lowest BCUT2D eigenvalue weighted by molar-refractivity contribution is -0.138. The molecule has 2 aromatic carbocycles. The molecule has 0 unspecified atom stereocenters. The van der Waals surface area contributed by atoms with Crippen LogP contribution < -0.4 is 0 Å². The van der Waals surface area contributed by atoms with Crippen molar-refractivity contribution in [3.63, 3.8) is 0 Å². The fraction of sp³-hybridized carbons (Fsp3) is 0.759. The maximum atomic E-state index is 10.6. The maximum absolute atomic E-state index is 10.6. The molecule has 0 saturated heterocycles. The van der Waals surface area contributed by atoms with E-state index in [0.29, 0.717) is 12.8 Å². The summed E-state index contributed by atoms with van der Waals surface area (Å²) < 4.78 is 0. The molecule has 0 saturated carbocycles. The Labute approximate surface area is 393 Å². The van der Waals surface area contributed by atoms with E-state index in [-0.39, 0.29) is 0 Å². The van der Waals surface area contributed by atoms with Gasteiger partial charge in [-0.1, -0.05) is 217 Å². The zero-order valence-corrected chi connectivity index (χ0v) is 43.0. The van der Waals surface area contributed by atoms with Gasteiger partial charge in [0.05, 0.1) is 0 Å². The van der Waals surface area contributed by atoms with Gasteiger partial charge in [-0.05, 0) is 125 Å². The SMILES string of the molecule is Cc1ccc(C)c(Sc2c(C)c(C)c(CCCCCCCCCCCCCCCCCCCC(=O)O)c(CCCCCCCCCCCCCCCCCCCC(=O)O)c2C)c1C. The molecule has 360 valence electrons. The largest absolute Gasteiger partial charge is 0.481 e. The van der Waals surface area contributed by atoms with Crippen LogP contribution >= 0.6 is 11.8 Å². The third-order valence-electron chi connectivity index (χ3n) is 14.2. The first kappa shape index (κ1) is 56.9. The summed E-state index contributed by atoms with van der Waals surface area (Å²) >= 11 is 2.03. The van der Waals surface area contributed by atoms with Gasteiger partial charge in [0.15, 0.2) is 0 Å². The minimum Gasteiger partial charge on any atom is -0.481 e. The minimum atomic E-state index is -0.657. The molecule has 2 aromatic rings. The van der Waals surface area contributed by atoms with Gasteiger partial charge in [-0.2, -0.15) is 0 Å². The van der Waals surface area contributed by atoms with Crippen molar-refractivity contribution < 1.29 is 19.8 Å². The predicted molar refractivity (Wildman–Crippen MR) is 274 cm³/mol. The maximum Gasteiger partial charge on any atom is 0.303 e. The van der Waals surface area contributed by atoms with E-state index >= 15 is 0 Å². The van der Waals surface area contributed by atoms with Crippen molar-refractivity contribution in [2.45, 2.75) is 295 Å². The van der Waals surface area contributed by atoms with Gasteiger partial charge in [-0.3, -0.25) is 9.59 Å². The van der Waals surface area contributed by atoms with Crippen molar-refractivity contribution in [1.82, 2.24) is 0 Å². The second-order valence-corrected chi connectivity index (χ2v) is 20.7. The van der Waals surface area contributed by atoms with Gasteiger partial charge in [-0.25, -0.2) is 0 Å². The molecule has 4 nitrogen and oxygen atoms in total. The number of unbranched alkanes of at least 4 members (excludes halogenated alkanes) is 32. The Hall–Kier alpha value is -2.27. The lowest BCUT2D eigenvalue weighted by Gasteiger charge is -2.24. The van der Waals surface area contributed by atoms with Crippen molar-refractivity contribution in [1.29, 1.82) is 0 Å². The van der Waals surface area contributed by atoms with Crippen molar-refractivity contribution >= 4 is 23.7 Å². The number of carbonyl (C=O) groups is 2. The highest BCUT2D eigenvalue weighted by Crippen LogP contribution is 2.42. The van der Waals surface area contributed by atoms with Crippen LogP contribution in [-0.4, -0.2) is 22.2 Å². The zero-order valence-electron chi connectivity index (χ0n) is 42.1. The molecule has 0 spiro atoms. The Bertz CT molecular complexity index is 1510. The van der Waals surface area contributed by atoms with Crippen LogP contribution in [0.25, 0.3) is 0 Å². The van der Waals surface area contributed by atoms with Gasteiger partial charge >= 0.3 is 11.9 Å². The van der Waals surface area contributed by atoms with Gasteiger partial charge in [-0.15, -0.1) is 0 Å². The fourth-order valence-electron chi connectivity index (χ4n) is 9.74. The van der Waals surface area contributed by atoms with E-state index in [9.17, 15) is 9.59 Å². The van der Waals surface area contributed by atoms with Crippen molar-refractivity contribution in [2.24, 2.45) is 0 Å². The van der Waals surface area contributed by atoms with E-state index in [2.05, 4.69) is 53.7 Å². The molecular formula is C58H98O4S. The van der Waals surface area contributed by atoms with E-state index in [1.807, 2.05) is 11.8 Å². The molecule has 0 aliphatic carbocycles. The number of hydrogen-bond acceptors (Lipinski definition) is 3. The quantitative estimate of drug-likeness (QED) is 0.0650. The monoisotopic (exact) mass is 891 g/mol. The highest BCUT2D eigenvalue weighted by molar-refractivity contribution is 7.99. The Morgan fingerprint density at radius 2 is 0.603 bits per heavy atom. The van der Waals surface area contributed by atoms with Crippen molar-refractivity contribution in [3.8, 4) is 0 Å². The van der Waals surface area contributed by atoms with E-state index in [4.69, 9.17) is 10.2 Å². The third kappa shape index (κ3) is 26.5. The van der Waals surface area contributed by atoms with E-state index < -0.39 is 11.9 Å². The molecule has 0 heterocycles. The van der Waals surface area contributed by atoms with Crippen LogP contribution in [0.15, 0.2) is 21.9 Å². The Kier molecular flexibility index (Phi) is 33.3. The predicted octanol–water partition coefficient (Wildman–Crippen LogP) is 19.0. The Morgan fingerprint density at radius 3 is 0.921 bits per heavy atom. The molecule has 0 aromatic heterocycles. The summed E-state index contributed by atoms with van der Waals surface area (Å²) in [4.78, 5) is 24.2. The topological polar surface area (TPSA) is 74.6 Å². The summed E-state index contributed by atoms with van der Waals surface area (Å²) in [5.41, 5.74) is 12.2. The Morgan fingerprint density at radius 1 is 0.333 bits per heavy atom. The molecule has 0 bridgehead atoms. The second kappa shape index (κ2) is 36.9. The number of carboxylic acids is 2. The lowest BCUT2D eigenvalue weighted by atomic mass is 9.87. The summed E-state index contributed by atoms with van der Waals surface area (Å²) in [5, 5.41) is 17.5. The molecule has 0 aliphatic rings. The van der Waals surface area contributed by atoms with Crippen molar-refractivity contribution in [3.05, 3.63) is 56.6 Å². The smallest absolute Gasteiger partial charge is 0.303 e. The minimum absolute atomic E-state index is 0.331. The molecule has 0 atom stereocenters. The summed E-state index contributed by atoms with van der Waals surface area (Å²) in [6.07, 6.45) is 47.6. The number of aryl methyl sites for hydroxylation is 2. The fourth-order valence-corrected chi connectivity index (χ4v) is 11.1. The highest BCUT2D eigenvalue weighted by atomic mass is 32.2. The Balaban J connectivity index is 1.71. The van der Waals surface area contributed by atoms with Crippen molar-refractivity contribution in [2.75, 3.05) is 0 Å². The van der Waals surface area contributed by atoms with Crippen LogP contribution in [-0.2, 0) is 22.4 Å². The van der Waals surface area contributed by atoms with Gasteiger partial charge in [0.1, 0.15) is 0 Å². The van der Waals surface area contributed by atoms with Gasteiger partial charge < -0.3 is 10.2 Å². The molecule has 2 N–H and O–H groups in total. The molecule has 0 fully saturated rings. The zero-order chi connectivity index (χ0) is 45.9. The highest BCUT2D eigenvalue weighted by Gasteiger charge is 2.19. The molecule has 0 aliphatic heterocycles. The van der Waals surface area contributed by atoms with E-state index in [0.717, 1.165) is 25.7 Å². The number of benzene rings is 2. The summed E-state index contributed by atoms with van der Waals surface area (Å²) in [5.74, 6) is -1.31. The van der Waals surface area contributed by atoms with Gasteiger partial charge in [0.25, 0.3) is 0 Å². The van der Waals surface area contributed by atoms with Gasteiger partial charge in [0.2, 0.25) is 0 Å². The summed E-state index contributed by atoms with van der Waals surface area (Å²) in [7, 11) is 0. The van der Waals surface area contributed by atoms with Crippen LogP contribution in [0.1, 0.15) is 276 Å². The molecule has 0 radical (unpaired) electrons. The summed E-state index contributed by atoms with van der Waals surface area (Å²) in [6, 6.07) is 4.58. The number of rotatable bonds is 42. The van der Waals surface area contributed by atoms with Crippen LogP contribution in [0.5, 0.6) is 0 Å². The molecule has 0 amide bonds. The number of hydrogen-bond donors (Lipinski definition) is 2. The van der Waals surface area contributed by atoms with Gasteiger partial charge in [0, 0.05) is 22.6 Å². The first-order chi connectivity index (χ1) is 30.5. The van der Waals surface area contributed by atoms with E-state index in [1.54, 1.807) is 22.3 Å². The average molecular weight is 891 g/mol. The standard InChI is InChI=1S/C58H98O4S/c1-47-45-46-48(2)57(49(47)3)63-58-51(5)50(4)53(41-37-33-29-25-21-17-13-9-7-11-15-19-23-27-31-35-39-43-55(59)60)54(52(58)6)42-38-34-30-26-22-18-14-10-8-12-16-20-24-28-32-36-40-44-56(61)62/h45-46H,7-44H2,1-6H3,(H,59,60)(H,61,62). The first-order valence-electron chi connectivity index (χ1n) is 26.8. The average Bonchev–Trinajstić information content (AvgIpc) is 3.25. The normalized spacial score (nSPS) is 11.5. The first-order valence-corrected chi connectivity index (χ1v) is 27.7. The second-order valence-electron chi connectivity index (χ2n) is 19.7. The molecule has 2 rings (SSSR count). The molecular weight excluding hydrogens is 793 g/mol. The van der Waals surface area contributed by atoms with Crippen LogP contribution in [0, 0.1) is 41.5 Å². The summed E-state index contributed by atoms with van der Waals surface area (Å²) in [6.45, 7) is 14.1. The molecule has 5 heteroatoms. The van der Waals surface area contributed by atoms with Crippen LogP contribution in [0.3, 0.4) is 0 Å². The number of aliphatic carboxylic acids is 2. The van der Waals surface area contributed by atoms with Crippen LogP contribution in [0.2, 0.25) is 0 Å².